The smallest absolute Gasteiger partial charge is 0.311 e. The van der Waals surface area contributed by atoms with Crippen molar-refractivity contribution in [3.63, 3.8) is 0 Å². The molecule has 0 fully saturated rings. The summed E-state index contributed by atoms with van der Waals surface area (Å²) in [6.07, 6.45) is -5.28. The van der Waals surface area contributed by atoms with Crippen LogP contribution in [0.4, 0.5) is 69.7 Å². The molecule has 0 aliphatic heterocycles. The predicted octanol–water partition coefficient (Wildman–Crippen LogP) is 15.1. The molecule has 1 nitrogen and oxygen atoms in total. The summed E-state index contributed by atoms with van der Waals surface area (Å²) in [5.41, 5.74) is 0.436. The minimum atomic E-state index is -4.83. The number of rotatable bonds is 9. The van der Waals surface area contributed by atoms with E-state index in [2.05, 4.69) is 0 Å². The number of benzene rings is 6. The van der Waals surface area contributed by atoms with Crippen LogP contribution in [0.1, 0.15) is 50.1 Å². The van der Waals surface area contributed by atoms with E-state index in [0.717, 1.165) is 36.4 Å². The standard InChI is InChI=1S/C45H27F12N/c46-40-25-31(13-22-37(40)43(49,50)51)4-1-28-7-16-34(17-8-28)58(35-18-9-29(10-19-35)2-5-32-14-23-38(41(47)26-32)44(52,53)54)36-20-11-30(12-21-36)3-6-33-15-24-39(42(48)27-33)45(55,56)57/h1-27H. The molecule has 0 aliphatic rings. The highest BCUT2D eigenvalue weighted by molar-refractivity contribution is 5.80. The van der Waals surface area contributed by atoms with Crippen LogP contribution in [0.3, 0.4) is 0 Å². The van der Waals surface area contributed by atoms with Gasteiger partial charge in [0.05, 0.1) is 16.7 Å². The lowest BCUT2D eigenvalue weighted by Crippen LogP contribution is -2.09. The Morgan fingerprint density at radius 2 is 0.500 bits per heavy atom. The van der Waals surface area contributed by atoms with Crippen LogP contribution >= 0.6 is 0 Å². The highest BCUT2D eigenvalue weighted by Crippen LogP contribution is 2.37. The number of alkyl halides is 9. The Morgan fingerprint density at radius 1 is 0.293 bits per heavy atom. The number of hydrogen-bond acceptors (Lipinski definition) is 1. The van der Waals surface area contributed by atoms with E-state index in [1.165, 1.54) is 18.2 Å². The molecule has 296 valence electrons. The second-order valence-corrected chi connectivity index (χ2v) is 12.8. The molecule has 0 N–H and O–H groups in total. The first-order valence-electron chi connectivity index (χ1n) is 17.1. The third-order valence-corrected chi connectivity index (χ3v) is 8.75. The van der Waals surface area contributed by atoms with E-state index in [1.807, 2.05) is 4.90 Å². The van der Waals surface area contributed by atoms with Crippen molar-refractivity contribution in [3.05, 3.63) is 195 Å². The Balaban J connectivity index is 1.27. The van der Waals surface area contributed by atoms with E-state index in [9.17, 15) is 52.7 Å². The molecule has 58 heavy (non-hydrogen) atoms. The third-order valence-electron chi connectivity index (χ3n) is 8.75. The van der Waals surface area contributed by atoms with Crippen LogP contribution in [0.25, 0.3) is 36.5 Å². The van der Waals surface area contributed by atoms with Gasteiger partial charge in [0.15, 0.2) is 0 Å². The molecular formula is C45H27F12N. The summed E-state index contributed by atoms with van der Waals surface area (Å²) in [6.45, 7) is 0. The zero-order chi connectivity index (χ0) is 41.8. The van der Waals surface area contributed by atoms with Crippen molar-refractivity contribution in [1.82, 2.24) is 0 Å². The second-order valence-electron chi connectivity index (χ2n) is 12.8. The highest BCUT2D eigenvalue weighted by Gasteiger charge is 2.35. The fourth-order valence-electron chi connectivity index (χ4n) is 5.82. The Bertz CT molecular complexity index is 2190. The summed E-state index contributed by atoms with van der Waals surface area (Å²) < 4.78 is 159. The number of halogens is 12. The lowest BCUT2D eigenvalue weighted by atomic mass is 10.1. The first-order valence-corrected chi connectivity index (χ1v) is 17.1. The summed E-state index contributed by atoms with van der Waals surface area (Å²) in [6, 6.07) is 28.9. The maximum absolute atomic E-state index is 14.1. The van der Waals surface area contributed by atoms with E-state index < -0.39 is 52.7 Å². The van der Waals surface area contributed by atoms with Gasteiger partial charge in [-0.2, -0.15) is 39.5 Å². The van der Waals surface area contributed by atoms with Gasteiger partial charge in [-0.3, -0.25) is 0 Å². The molecule has 6 aromatic carbocycles. The quantitative estimate of drug-likeness (QED) is 0.104. The minimum absolute atomic E-state index is 0.214. The van der Waals surface area contributed by atoms with Crippen LogP contribution in [0.15, 0.2) is 127 Å². The normalized spacial score (nSPS) is 12.6. The summed E-state index contributed by atoms with van der Waals surface area (Å²) in [7, 11) is 0. The predicted molar refractivity (Wildman–Crippen MR) is 202 cm³/mol. The Morgan fingerprint density at radius 3 is 0.707 bits per heavy atom. The topological polar surface area (TPSA) is 3.24 Å². The lowest BCUT2D eigenvalue weighted by Gasteiger charge is -2.26. The van der Waals surface area contributed by atoms with Gasteiger partial charge in [-0.05, 0) is 106 Å². The largest absolute Gasteiger partial charge is 0.419 e. The number of hydrogen-bond donors (Lipinski definition) is 0. The Hall–Kier alpha value is -6.50. The van der Waals surface area contributed by atoms with Crippen LogP contribution in [-0.2, 0) is 18.5 Å². The van der Waals surface area contributed by atoms with Crippen molar-refractivity contribution in [2.24, 2.45) is 0 Å². The van der Waals surface area contributed by atoms with Crippen LogP contribution in [0.5, 0.6) is 0 Å². The molecular weight excluding hydrogens is 782 g/mol. The molecule has 0 radical (unpaired) electrons. The first kappa shape index (κ1) is 41.1. The molecule has 6 rings (SSSR count). The van der Waals surface area contributed by atoms with Crippen LogP contribution in [-0.4, -0.2) is 0 Å². The van der Waals surface area contributed by atoms with Crippen LogP contribution < -0.4 is 4.90 Å². The van der Waals surface area contributed by atoms with Gasteiger partial charge in [0.2, 0.25) is 0 Å². The SMILES string of the molecule is Fc1cc(C=Cc2ccc(N(c3ccc(C=Cc4ccc(C(F)(F)F)c(F)c4)cc3)c3ccc(C=Cc4ccc(C(F)(F)F)c(F)c4)cc3)cc2)ccc1C(F)(F)F. The van der Waals surface area contributed by atoms with Crippen molar-refractivity contribution in [2.75, 3.05) is 4.90 Å². The molecule has 0 bridgehead atoms. The van der Waals surface area contributed by atoms with E-state index in [1.54, 1.807) is 91.0 Å². The fraction of sp³-hybridized carbons (Fsp3) is 0.0667. The molecule has 6 aromatic rings. The van der Waals surface area contributed by atoms with E-state index in [-0.39, 0.29) is 16.7 Å². The van der Waals surface area contributed by atoms with Crippen molar-refractivity contribution in [2.45, 2.75) is 18.5 Å². The summed E-state index contributed by atoms with van der Waals surface area (Å²) in [4.78, 5) is 1.87. The van der Waals surface area contributed by atoms with Gasteiger partial charge in [-0.15, -0.1) is 0 Å². The molecule has 0 saturated heterocycles. The van der Waals surface area contributed by atoms with Gasteiger partial charge in [0, 0.05) is 17.1 Å². The lowest BCUT2D eigenvalue weighted by molar-refractivity contribution is -0.140. The molecule has 0 atom stereocenters. The molecule has 13 heteroatoms. The Kier molecular flexibility index (Phi) is 11.7. The number of nitrogens with zero attached hydrogens (tertiary/aromatic N) is 1. The van der Waals surface area contributed by atoms with Gasteiger partial charge in [-0.1, -0.05) is 91.1 Å². The van der Waals surface area contributed by atoms with Gasteiger partial charge >= 0.3 is 18.5 Å². The zero-order valence-corrected chi connectivity index (χ0v) is 29.6. The average molecular weight is 810 g/mol. The molecule has 0 aromatic heterocycles. The molecule has 0 heterocycles. The summed E-state index contributed by atoms with van der Waals surface area (Å²) in [5, 5.41) is 0. The molecule has 0 aliphatic carbocycles. The zero-order valence-electron chi connectivity index (χ0n) is 29.6. The molecule has 0 unspecified atom stereocenters. The van der Waals surface area contributed by atoms with E-state index >= 15 is 0 Å². The van der Waals surface area contributed by atoms with E-state index in [4.69, 9.17) is 0 Å². The summed E-state index contributed by atoms with van der Waals surface area (Å²) in [5.74, 6) is -4.19. The van der Waals surface area contributed by atoms with Crippen molar-refractivity contribution in [3.8, 4) is 0 Å². The van der Waals surface area contributed by atoms with Crippen LogP contribution in [0.2, 0.25) is 0 Å². The Labute approximate surface area is 324 Å². The third kappa shape index (κ3) is 10.1. The van der Waals surface area contributed by atoms with E-state index in [0.29, 0.717) is 52.0 Å². The molecule has 0 saturated carbocycles. The van der Waals surface area contributed by atoms with Gasteiger partial charge in [0.25, 0.3) is 0 Å². The molecule has 0 amide bonds. The fourth-order valence-corrected chi connectivity index (χ4v) is 5.82. The van der Waals surface area contributed by atoms with Gasteiger partial charge < -0.3 is 4.90 Å². The summed E-state index contributed by atoms with van der Waals surface area (Å²) >= 11 is 0. The maximum atomic E-state index is 14.1. The monoisotopic (exact) mass is 809 g/mol. The van der Waals surface area contributed by atoms with Crippen LogP contribution in [0, 0.1) is 17.5 Å². The highest BCUT2D eigenvalue weighted by atomic mass is 19.4. The van der Waals surface area contributed by atoms with Crippen molar-refractivity contribution in [1.29, 1.82) is 0 Å². The van der Waals surface area contributed by atoms with Crippen molar-refractivity contribution < 1.29 is 52.7 Å². The van der Waals surface area contributed by atoms with Gasteiger partial charge in [0.1, 0.15) is 17.5 Å². The maximum Gasteiger partial charge on any atom is 0.419 e. The molecule has 0 spiro atoms. The second kappa shape index (κ2) is 16.5. The van der Waals surface area contributed by atoms with Crippen molar-refractivity contribution >= 4 is 53.5 Å². The average Bonchev–Trinajstić information content (AvgIpc) is 3.15. The minimum Gasteiger partial charge on any atom is -0.311 e. The first-order chi connectivity index (χ1) is 27.3. The number of anilines is 3. The van der Waals surface area contributed by atoms with Gasteiger partial charge in [-0.25, -0.2) is 13.2 Å².